The molecule has 0 spiro atoms. The van der Waals surface area contributed by atoms with E-state index in [9.17, 15) is 18.3 Å². The average molecular weight is 240 g/mol. The number of aliphatic hydroxyl groups is 1. The Balaban J connectivity index is 2.39. The van der Waals surface area contributed by atoms with Crippen LogP contribution in [0.2, 0.25) is 0 Å². The van der Waals surface area contributed by atoms with Crippen LogP contribution in [-0.4, -0.2) is 55.5 Å². The van der Waals surface area contributed by atoms with E-state index in [1.165, 1.54) is 0 Å². The summed E-state index contributed by atoms with van der Waals surface area (Å²) in [5, 5.41) is 12.3. The van der Waals surface area contributed by atoms with Crippen LogP contribution >= 0.6 is 0 Å². The number of rotatable bonds is 4. The Morgan fingerprint density at radius 3 is 2.75 bits per heavy atom. The third-order valence-electron chi connectivity index (χ3n) is 2.88. The van der Waals surface area contributed by atoms with Crippen LogP contribution in [0.3, 0.4) is 0 Å². The van der Waals surface area contributed by atoms with Crippen LogP contribution < -0.4 is 5.32 Å². The number of nitrogens with one attached hydrogen (secondary N) is 1. The molecule has 1 fully saturated rings. The molecule has 1 aliphatic heterocycles. The minimum absolute atomic E-state index is 0.0181. The highest BCUT2D eigenvalue weighted by molar-refractivity contribution is 4.79. The molecule has 0 radical (unpaired) electrons. The quantitative estimate of drug-likeness (QED) is 0.764. The maximum Gasteiger partial charge on any atom is 0.393 e. The second-order valence-electron chi connectivity index (χ2n) is 4.35. The van der Waals surface area contributed by atoms with Gasteiger partial charge in [0.05, 0.1) is 12.0 Å². The first-order valence-corrected chi connectivity index (χ1v) is 5.55. The fraction of sp³-hybridized carbons (Fsp3) is 1.00. The number of piperidine rings is 1. The first-order chi connectivity index (χ1) is 7.43. The monoisotopic (exact) mass is 240 g/mol. The van der Waals surface area contributed by atoms with Gasteiger partial charge in [0, 0.05) is 19.6 Å². The summed E-state index contributed by atoms with van der Waals surface area (Å²) in [4.78, 5) is 1.70. The van der Waals surface area contributed by atoms with Crippen molar-refractivity contribution in [2.24, 2.45) is 5.92 Å². The van der Waals surface area contributed by atoms with Crippen LogP contribution in [0.4, 0.5) is 13.2 Å². The second kappa shape index (κ2) is 5.84. The summed E-state index contributed by atoms with van der Waals surface area (Å²) < 4.78 is 37.5. The molecule has 6 heteroatoms. The minimum atomic E-state index is -4.10. The average Bonchev–Trinajstić information content (AvgIpc) is 2.17. The van der Waals surface area contributed by atoms with E-state index in [0.717, 1.165) is 0 Å². The summed E-state index contributed by atoms with van der Waals surface area (Å²) in [5.74, 6) is -1.23. The van der Waals surface area contributed by atoms with Gasteiger partial charge in [-0.2, -0.15) is 13.2 Å². The zero-order chi connectivity index (χ0) is 12.2. The number of hydrogen-bond donors (Lipinski definition) is 2. The summed E-state index contributed by atoms with van der Waals surface area (Å²) in [6, 6.07) is 0. The van der Waals surface area contributed by atoms with E-state index in [1.807, 2.05) is 0 Å². The number of halogens is 3. The number of likely N-dealkylation sites (tertiary alicyclic amines) is 1. The lowest BCUT2D eigenvalue weighted by atomic mass is 9.97. The van der Waals surface area contributed by atoms with Crippen LogP contribution in [0, 0.1) is 5.92 Å². The van der Waals surface area contributed by atoms with Crippen molar-refractivity contribution in [1.29, 1.82) is 0 Å². The largest absolute Gasteiger partial charge is 0.393 e. The first kappa shape index (κ1) is 13.7. The van der Waals surface area contributed by atoms with E-state index in [4.69, 9.17) is 0 Å². The number of alkyl halides is 3. The molecule has 1 aliphatic rings. The Kier molecular flexibility index (Phi) is 5.01. The highest BCUT2D eigenvalue weighted by atomic mass is 19.4. The molecule has 2 atom stereocenters. The van der Waals surface area contributed by atoms with Crippen molar-refractivity contribution in [2.75, 3.05) is 33.2 Å². The molecular formula is C10H19F3N2O. The van der Waals surface area contributed by atoms with Gasteiger partial charge in [0.1, 0.15) is 0 Å². The molecule has 2 N–H and O–H groups in total. The van der Waals surface area contributed by atoms with E-state index in [0.29, 0.717) is 26.1 Å². The highest BCUT2D eigenvalue weighted by Crippen LogP contribution is 2.32. The van der Waals surface area contributed by atoms with E-state index in [1.54, 1.807) is 11.9 Å². The van der Waals surface area contributed by atoms with E-state index in [-0.39, 0.29) is 13.0 Å². The lowest BCUT2D eigenvalue weighted by Crippen LogP contribution is -2.46. The number of hydrogen-bond acceptors (Lipinski definition) is 3. The van der Waals surface area contributed by atoms with Crippen LogP contribution in [0.5, 0.6) is 0 Å². The van der Waals surface area contributed by atoms with Gasteiger partial charge in [-0.15, -0.1) is 0 Å². The van der Waals surface area contributed by atoms with Gasteiger partial charge >= 0.3 is 6.18 Å². The van der Waals surface area contributed by atoms with E-state index in [2.05, 4.69) is 5.32 Å². The van der Waals surface area contributed by atoms with Gasteiger partial charge in [-0.05, 0) is 26.4 Å². The van der Waals surface area contributed by atoms with Crippen LogP contribution in [0.1, 0.15) is 12.8 Å². The number of β-amino-alcohol motifs (C(OH)–C–C–N with tert-alkyl or cyclic N) is 1. The van der Waals surface area contributed by atoms with Crippen molar-refractivity contribution < 1.29 is 18.3 Å². The second-order valence-corrected chi connectivity index (χ2v) is 4.35. The fourth-order valence-corrected chi connectivity index (χ4v) is 2.09. The lowest BCUT2D eigenvalue weighted by Gasteiger charge is -2.34. The molecule has 2 unspecified atom stereocenters. The van der Waals surface area contributed by atoms with Gasteiger partial charge in [-0.1, -0.05) is 0 Å². The number of aliphatic hydroxyl groups excluding tert-OH is 1. The van der Waals surface area contributed by atoms with Crippen LogP contribution in [-0.2, 0) is 0 Å². The molecule has 1 rings (SSSR count). The number of likely N-dealkylation sites (N-methyl/N-ethyl adjacent to an activating group) is 1. The van der Waals surface area contributed by atoms with Gasteiger partial charge in [0.25, 0.3) is 0 Å². The molecule has 0 aliphatic carbocycles. The Labute approximate surface area is 93.6 Å². The maximum absolute atomic E-state index is 12.5. The molecule has 1 saturated heterocycles. The molecule has 0 aromatic rings. The third-order valence-corrected chi connectivity index (χ3v) is 2.88. The van der Waals surface area contributed by atoms with Gasteiger partial charge in [0.15, 0.2) is 0 Å². The van der Waals surface area contributed by atoms with Gasteiger partial charge in [-0.3, -0.25) is 0 Å². The molecule has 96 valence electrons. The van der Waals surface area contributed by atoms with E-state index < -0.39 is 18.2 Å². The summed E-state index contributed by atoms with van der Waals surface area (Å²) in [5.41, 5.74) is 0. The fourth-order valence-electron chi connectivity index (χ4n) is 2.09. The molecule has 16 heavy (non-hydrogen) atoms. The minimum Gasteiger partial charge on any atom is -0.390 e. The molecule has 1 heterocycles. The Hall–Kier alpha value is -0.330. The Morgan fingerprint density at radius 1 is 1.50 bits per heavy atom. The van der Waals surface area contributed by atoms with Crippen molar-refractivity contribution in [2.45, 2.75) is 25.1 Å². The van der Waals surface area contributed by atoms with Gasteiger partial charge in [0.2, 0.25) is 0 Å². The molecular weight excluding hydrogens is 221 g/mol. The molecule has 0 saturated carbocycles. The van der Waals surface area contributed by atoms with Gasteiger partial charge < -0.3 is 15.3 Å². The molecule has 0 amide bonds. The Morgan fingerprint density at radius 2 is 2.19 bits per heavy atom. The zero-order valence-electron chi connectivity index (χ0n) is 9.43. The first-order valence-electron chi connectivity index (χ1n) is 5.55. The van der Waals surface area contributed by atoms with Crippen LogP contribution in [0.25, 0.3) is 0 Å². The molecule has 0 bridgehead atoms. The summed E-state index contributed by atoms with van der Waals surface area (Å²) >= 11 is 0. The van der Waals surface area contributed by atoms with Crippen molar-refractivity contribution in [1.82, 2.24) is 10.2 Å². The highest BCUT2D eigenvalue weighted by Gasteiger charge is 2.41. The normalized spacial score (nSPS) is 25.7. The SMILES string of the molecule is CNCC(O)CN1CCCC(C(F)(F)F)C1. The van der Waals surface area contributed by atoms with Gasteiger partial charge in [-0.25, -0.2) is 0 Å². The van der Waals surface area contributed by atoms with Crippen LogP contribution in [0.15, 0.2) is 0 Å². The topological polar surface area (TPSA) is 35.5 Å². The van der Waals surface area contributed by atoms with Crippen molar-refractivity contribution in [3.05, 3.63) is 0 Å². The maximum atomic E-state index is 12.5. The van der Waals surface area contributed by atoms with E-state index >= 15 is 0 Å². The molecule has 3 nitrogen and oxygen atoms in total. The predicted molar refractivity (Wildman–Crippen MR) is 55.2 cm³/mol. The molecule has 0 aromatic heterocycles. The van der Waals surface area contributed by atoms with Crippen molar-refractivity contribution in [3.8, 4) is 0 Å². The van der Waals surface area contributed by atoms with Crippen molar-refractivity contribution >= 4 is 0 Å². The molecule has 0 aromatic carbocycles. The summed E-state index contributed by atoms with van der Waals surface area (Å²) in [6.45, 7) is 1.39. The predicted octanol–water partition coefficient (Wildman–Crippen LogP) is 0.841. The lowest BCUT2D eigenvalue weighted by molar-refractivity contribution is -0.187. The summed E-state index contributed by atoms with van der Waals surface area (Å²) in [7, 11) is 1.71. The number of nitrogens with zero attached hydrogens (tertiary/aromatic N) is 1. The zero-order valence-corrected chi connectivity index (χ0v) is 9.43. The Bertz CT molecular complexity index is 211. The third kappa shape index (κ3) is 4.27. The smallest absolute Gasteiger partial charge is 0.390 e. The van der Waals surface area contributed by atoms with Crippen molar-refractivity contribution in [3.63, 3.8) is 0 Å². The standard InChI is InChI=1S/C10H19F3N2O/c1-14-5-9(16)7-15-4-2-3-8(6-15)10(11,12)13/h8-9,14,16H,2-7H2,1H3. The summed E-state index contributed by atoms with van der Waals surface area (Å²) in [6.07, 6.45) is -3.94.